The first kappa shape index (κ1) is 16.8. The van der Waals surface area contributed by atoms with E-state index >= 15 is 0 Å². The Balaban J connectivity index is 1.75. The molecule has 2 aromatic rings. The van der Waals surface area contributed by atoms with Gasteiger partial charge in [-0.05, 0) is 52.3 Å². The second-order valence-corrected chi connectivity index (χ2v) is 6.27. The number of nitrogens with zero attached hydrogens (tertiary/aromatic N) is 2. The molecule has 126 valence electrons. The Morgan fingerprint density at radius 3 is 2.58 bits per heavy atom. The van der Waals surface area contributed by atoms with Gasteiger partial charge in [0.05, 0.1) is 26.0 Å². The minimum absolute atomic E-state index is 0.0939. The molecule has 24 heavy (non-hydrogen) atoms. The zero-order valence-corrected chi connectivity index (χ0v) is 15.0. The summed E-state index contributed by atoms with van der Waals surface area (Å²) in [7, 11) is 1.52. The molecule has 0 unspecified atom stereocenters. The van der Waals surface area contributed by atoms with Crippen LogP contribution in [0.5, 0.6) is 11.5 Å². The van der Waals surface area contributed by atoms with Crippen molar-refractivity contribution >= 4 is 33.5 Å². The van der Waals surface area contributed by atoms with Crippen molar-refractivity contribution in [2.45, 2.75) is 0 Å². The van der Waals surface area contributed by atoms with E-state index in [9.17, 15) is 5.11 Å². The summed E-state index contributed by atoms with van der Waals surface area (Å²) in [6.45, 7) is 3.39. The summed E-state index contributed by atoms with van der Waals surface area (Å²) in [6, 6.07) is 11.5. The van der Waals surface area contributed by atoms with E-state index in [2.05, 4.69) is 38.0 Å². The number of morpholine rings is 1. The van der Waals surface area contributed by atoms with Gasteiger partial charge in [-0.3, -0.25) is 4.99 Å². The van der Waals surface area contributed by atoms with Crippen molar-refractivity contribution in [3.63, 3.8) is 0 Å². The zero-order valence-electron chi connectivity index (χ0n) is 13.4. The van der Waals surface area contributed by atoms with Crippen LogP contribution >= 0.6 is 15.9 Å². The average molecular weight is 391 g/mol. The molecule has 0 aromatic heterocycles. The summed E-state index contributed by atoms with van der Waals surface area (Å²) in [5, 5.41) is 9.74. The zero-order chi connectivity index (χ0) is 16.9. The SMILES string of the molecule is COc1cc(C=Nc2ccc(N3CCOCC3)cc2)c(Br)cc1O. The highest BCUT2D eigenvalue weighted by molar-refractivity contribution is 9.10. The maximum atomic E-state index is 9.74. The van der Waals surface area contributed by atoms with Gasteiger partial charge in [0.2, 0.25) is 0 Å². The number of benzene rings is 2. The molecule has 0 bridgehead atoms. The third-order valence-electron chi connectivity index (χ3n) is 3.88. The van der Waals surface area contributed by atoms with Gasteiger partial charge in [0.1, 0.15) is 0 Å². The lowest BCUT2D eigenvalue weighted by Crippen LogP contribution is -2.36. The summed E-state index contributed by atoms with van der Waals surface area (Å²) in [6.07, 6.45) is 1.75. The van der Waals surface area contributed by atoms with Gasteiger partial charge >= 0.3 is 0 Å². The highest BCUT2D eigenvalue weighted by Crippen LogP contribution is 2.32. The molecule has 6 heteroatoms. The maximum Gasteiger partial charge on any atom is 0.161 e. The van der Waals surface area contributed by atoms with Gasteiger partial charge in [0, 0.05) is 35.0 Å². The molecule has 1 saturated heterocycles. The van der Waals surface area contributed by atoms with Gasteiger partial charge in [-0.15, -0.1) is 0 Å². The van der Waals surface area contributed by atoms with Crippen LogP contribution in [0.15, 0.2) is 45.9 Å². The lowest BCUT2D eigenvalue weighted by molar-refractivity contribution is 0.122. The smallest absolute Gasteiger partial charge is 0.161 e. The molecule has 0 saturated carbocycles. The van der Waals surface area contributed by atoms with E-state index in [1.165, 1.54) is 12.8 Å². The fourth-order valence-electron chi connectivity index (χ4n) is 2.54. The molecule has 0 spiro atoms. The molecule has 5 nitrogen and oxygen atoms in total. The van der Waals surface area contributed by atoms with Crippen LogP contribution in [-0.4, -0.2) is 44.7 Å². The monoisotopic (exact) mass is 390 g/mol. The normalized spacial score (nSPS) is 15.0. The number of phenols is 1. The van der Waals surface area contributed by atoms with Crippen molar-refractivity contribution in [3.05, 3.63) is 46.4 Å². The van der Waals surface area contributed by atoms with Crippen LogP contribution in [0.3, 0.4) is 0 Å². The van der Waals surface area contributed by atoms with Crippen molar-refractivity contribution in [2.24, 2.45) is 4.99 Å². The average Bonchev–Trinajstić information content (AvgIpc) is 2.62. The van der Waals surface area contributed by atoms with Crippen LogP contribution in [0.25, 0.3) is 0 Å². The van der Waals surface area contributed by atoms with Crippen LogP contribution in [0.2, 0.25) is 0 Å². The lowest BCUT2D eigenvalue weighted by Gasteiger charge is -2.28. The number of rotatable bonds is 4. The highest BCUT2D eigenvalue weighted by atomic mass is 79.9. The lowest BCUT2D eigenvalue weighted by atomic mass is 10.2. The standard InChI is InChI=1S/C18H19BrN2O3/c1-23-18-10-13(16(19)11-17(18)22)12-20-14-2-4-15(5-3-14)21-6-8-24-9-7-21/h2-5,10-12,22H,6-9H2,1H3. The molecule has 2 aromatic carbocycles. The van der Waals surface area contributed by atoms with Crippen molar-refractivity contribution in [1.82, 2.24) is 0 Å². The van der Waals surface area contributed by atoms with Gasteiger partial charge in [0.25, 0.3) is 0 Å². The molecule has 0 atom stereocenters. The number of phenolic OH excluding ortho intramolecular Hbond substituents is 1. The highest BCUT2D eigenvalue weighted by Gasteiger charge is 2.10. The summed E-state index contributed by atoms with van der Waals surface area (Å²) in [4.78, 5) is 6.80. The quantitative estimate of drug-likeness (QED) is 0.807. The molecule has 0 aliphatic carbocycles. The molecule has 0 amide bonds. The topological polar surface area (TPSA) is 54.3 Å². The van der Waals surface area contributed by atoms with E-state index in [0.29, 0.717) is 5.75 Å². The van der Waals surface area contributed by atoms with Crippen LogP contribution in [0.4, 0.5) is 11.4 Å². The predicted octanol–water partition coefficient (Wildman–Crippen LogP) is 3.75. The van der Waals surface area contributed by atoms with E-state index in [0.717, 1.165) is 42.0 Å². The number of aromatic hydroxyl groups is 1. The summed E-state index contributed by atoms with van der Waals surface area (Å²) < 4.78 is 11.3. The number of halogens is 1. The first-order valence-electron chi connectivity index (χ1n) is 7.70. The Kier molecular flexibility index (Phi) is 5.37. The van der Waals surface area contributed by atoms with Crippen molar-refractivity contribution in [2.75, 3.05) is 38.3 Å². The number of hydrogen-bond acceptors (Lipinski definition) is 5. The molecule has 1 heterocycles. The molecule has 1 N–H and O–H groups in total. The van der Waals surface area contributed by atoms with E-state index in [-0.39, 0.29) is 5.75 Å². The fourth-order valence-corrected chi connectivity index (χ4v) is 2.97. The fraction of sp³-hybridized carbons (Fsp3) is 0.278. The third kappa shape index (κ3) is 3.88. The largest absolute Gasteiger partial charge is 0.504 e. The van der Waals surface area contributed by atoms with Crippen molar-refractivity contribution < 1.29 is 14.6 Å². The number of hydrogen-bond donors (Lipinski definition) is 1. The van der Waals surface area contributed by atoms with E-state index in [4.69, 9.17) is 9.47 Å². The third-order valence-corrected chi connectivity index (χ3v) is 4.56. The molecular weight excluding hydrogens is 372 g/mol. The molecule has 1 aliphatic rings. The first-order valence-corrected chi connectivity index (χ1v) is 8.50. The van der Waals surface area contributed by atoms with Crippen LogP contribution in [-0.2, 0) is 4.74 Å². The number of ether oxygens (including phenoxy) is 2. The predicted molar refractivity (Wildman–Crippen MR) is 99.1 cm³/mol. The van der Waals surface area contributed by atoms with E-state index in [1.54, 1.807) is 18.3 Å². The van der Waals surface area contributed by atoms with Crippen molar-refractivity contribution in [1.29, 1.82) is 0 Å². The second kappa shape index (κ2) is 7.68. The van der Waals surface area contributed by atoms with Crippen LogP contribution in [0.1, 0.15) is 5.56 Å². The Bertz CT molecular complexity index is 726. The van der Waals surface area contributed by atoms with E-state index < -0.39 is 0 Å². The maximum absolute atomic E-state index is 9.74. The van der Waals surface area contributed by atoms with Crippen molar-refractivity contribution in [3.8, 4) is 11.5 Å². The Morgan fingerprint density at radius 2 is 1.92 bits per heavy atom. The molecular formula is C18H19BrN2O3. The molecule has 3 rings (SSSR count). The van der Waals surface area contributed by atoms with Crippen LogP contribution in [0, 0.1) is 0 Å². The molecule has 1 aliphatic heterocycles. The van der Waals surface area contributed by atoms with Gasteiger partial charge in [-0.1, -0.05) is 0 Å². The summed E-state index contributed by atoms with van der Waals surface area (Å²) in [5.74, 6) is 0.513. The Morgan fingerprint density at radius 1 is 1.21 bits per heavy atom. The van der Waals surface area contributed by atoms with Crippen LogP contribution < -0.4 is 9.64 Å². The second-order valence-electron chi connectivity index (χ2n) is 5.42. The number of aliphatic imine (C=N–C) groups is 1. The Labute approximate surface area is 149 Å². The summed E-state index contributed by atoms with van der Waals surface area (Å²) >= 11 is 3.42. The first-order chi connectivity index (χ1) is 11.7. The summed E-state index contributed by atoms with van der Waals surface area (Å²) in [5.41, 5.74) is 2.89. The molecule has 0 radical (unpaired) electrons. The minimum atomic E-state index is 0.0939. The van der Waals surface area contributed by atoms with Gasteiger partial charge in [-0.2, -0.15) is 0 Å². The molecule has 1 fully saturated rings. The minimum Gasteiger partial charge on any atom is -0.504 e. The van der Waals surface area contributed by atoms with Gasteiger partial charge in [0.15, 0.2) is 11.5 Å². The van der Waals surface area contributed by atoms with E-state index in [1.807, 2.05) is 12.1 Å². The number of anilines is 1. The van der Waals surface area contributed by atoms with Gasteiger partial charge < -0.3 is 19.5 Å². The number of methoxy groups -OCH3 is 1. The Hall–Kier alpha value is -2.05. The van der Waals surface area contributed by atoms with Gasteiger partial charge in [-0.25, -0.2) is 0 Å².